The lowest BCUT2D eigenvalue weighted by atomic mass is 10.2. The average molecular weight is 375 g/mol. The molecule has 7 nitrogen and oxygen atoms in total. The minimum Gasteiger partial charge on any atom is -0.497 e. The number of hydrogen-bond acceptors (Lipinski definition) is 5. The molecule has 2 rings (SSSR count). The van der Waals surface area contributed by atoms with Crippen LogP contribution in [0.1, 0.15) is 12.5 Å². The molecule has 1 atom stereocenters. The van der Waals surface area contributed by atoms with E-state index >= 15 is 0 Å². The zero-order valence-electron chi connectivity index (χ0n) is 14.8. The Balaban J connectivity index is 2.12. The fourth-order valence-electron chi connectivity index (χ4n) is 2.37. The molecule has 0 aliphatic carbocycles. The second-order valence-corrected chi connectivity index (χ2v) is 7.44. The predicted molar refractivity (Wildman–Crippen MR) is 102 cm³/mol. The molecule has 0 aromatic heterocycles. The Morgan fingerprint density at radius 2 is 1.88 bits per heavy atom. The molecule has 0 spiro atoms. The van der Waals surface area contributed by atoms with Crippen molar-refractivity contribution in [3.63, 3.8) is 0 Å². The van der Waals surface area contributed by atoms with Gasteiger partial charge in [0, 0.05) is 0 Å². The fourth-order valence-corrected chi connectivity index (χ4v) is 3.54. The van der Waals surface area contributed by atoms with Crippen LogP contribution in [-0.4, -0.2) is 39.9 Å². The third-order valence-electron chi connectivity index (χ3n) is 3.58. The molecule has 2 aromatic carbocycles. The van der Waals surface area contributed by atoms with Crippen molar-refractivity contribution in [3.8, 4) is 5.75 Å². The summed E-state index contributed by atoms with van der Waals surface area (Å²) < 4.78 is 30.4. The van der Waals surface area contributed by atoms with E-state index in [2.05, 4.69) is 10.5 Å². The van der Waals surface area contributed by atoms with Gasteiger partial charge in [-0.1, -0.05) is 30.3 Å². The van der Waals surface area contributed by atoms with Gasteiger partial charge in [0.15, 0.2) is 0 Å². The number of hydrazone groups is 1. The van der Waals surface area contributed by atoms with Crippen LogP contribution in [-0.2, 0) is 14.8 Å². The molecule has 0 saturated carbocycles. The van der Waals surface area contributed by atoms with Gasteiger partial charge < -0.3 is 4.74 Å². The molecule has 0 aliphatic rings. The van der Waals surface area contributed by atoms with Crippen LogP contribution in [0.4, 0.5) is 5.69 Å². The van der Waals surface area contributed by atoms with E-state index in [0.29, 0.717) is 11.4 Å². The summed E-state index contributed by atoms with van der Waals surface area (Å²) in [5.41, 5.74) is 3.52. The number of amides is 1. The largest absolute Gasteiger partial charge is 0.497 e. The summed E-state index contributed by atoms with van der Waals surface area (Å²) in [6.45, 7) is 1.50. The van der Waals surface area contributed by atoms with Gasteiger partial charge in [-0.15, -0.1) is 0 Å². The van der Waals surface area contributed by atoms with Gasteiger partial charge in [-0.3, -0.25) is 9.10 Å². The van der Waals surface area contributed by atoms with Crippen LogP contribution >= 0.6 is 0 Å². The van der Waals surface area contributed by atoms with Crippen LogP contribution in [0.25, 0.3) is 0 Å². The molecule has 1 amide bonds. The predicted octanol–water partition coefficient (Wildman–Crippen LogP) is 2.00. The smallest absolute Gasteiger partial charge is 0.263 e. The number of carbonyl (C=O) groups is 1. The van der Waals surface area contributed by atoms with Crippen molar-refractivity contribution in [2.75, 3.05) is 17.7 Å². The van der Waals surface area contributed by atoms with E-state index in [0.717, 1.165) is 16.1 Å². The quantitative estimate of drug-likeness (QED) is 0.592. The lowest BCUT2D eigenvalue weighted by Crippen LogP contribution is -2.46. The highest BCUT2D eigenvalue weighted by molar-refractivity contribution is 7.92. The zero-order chi connectivity index (χ0) is 19.2. The van der Waals surface area contributed by atoms with Gasteiger partial charge in [0.1, 0.15) is 11.8 Å². The highest BCUT2D eigenvalue weighted by atomic mass is 32.2. The molecule has 0 radical (unpaired) electrons. The van der Waals surface area contributed by atoms with E-state index in [4.69, 9.17) is 4.74 Å². The molecule has 8 heteroatoms. The molecule has 1 N–H and O–H groups in total. The Morgan fingerprint density at radius 1 is 1.19 bits per heavy atom. The maximum atomic E-state index is 12.4. The van der Waals surface area contributed by atoms with Gasteiger partial charge in [-0.25, -0.2) is 13.8 Å². The van der Waals surface area contributed by atoms with Crippen molar-refractivity contribution in [3.05, 3.63) is 60.2 Å². The standard InChI is InChI=1S/C18H21N3O4S/c1-14(21(26(3,23)24)16-9-5-4-6-10-16)18(22)20-19-13-15-8-7-11-17(12-15)25-2/h4-14H,1-3H3,(H,20,22)/b19-13-/t14-/m0/s1. The number of nitrogens with one attached hydrogen (secondary N) is 1. The number of nitrogens with zero attached hydrogens (tertiary/aromatic N) is 2. The van der Waals surface area contributed by atoms with Gasteiger partial charge in [0.2, 0.25) is 10.0 Å². The average Bonchev–Trinajstić information content (AvgIpc) is 2.61. The van der Waals surface area contributed by atoms with E-state index in [1.807, 2.05) is 0 Å². The van der Waals surface area contributed by atoms with E-state index < -0.39 is 22.0 Å². The Kier molecular flexibility index (Phi) is 6.35. The normalized spacial score (nSPS) is 12.6. The molecule has 2 aromatic rings. The third kappa shape index (κ3) is 5.06. The summed E-state index contributed by atoms with van der Waals surface area (Å²) in [6, 6.07) is 14.6. The Morgan fingerprint density at radius 3 is 2.50 bits per heavy atom. The molecule has 0 saturated heterocycles. The van der Waals surface area contributed by atoms with E-state index in [9.17, 15) is 13.2 Å². The monoisotopic (exact) mass is 375 g/mol. The molecular weight excluding hydrogens is 354 g/mol. The highest BCUT2D eigenvalue weighted by Crippen LogP contribution is 2.20. The van der Waals surface area contributed by atoms with Crippen LogP contribution in [0.3, 0.4) is 0 Å². The van der Waals surface area contributed by atoms with Gasteiger partial charge in [-0.2, -0.15) is 5.10 Å². The maximum Gasteiger partial charge on any atom is 0.263 e. The topological polar surface area (TPSA) is 88.1 Å². The molecule has 138 valence electrons. The minimum atomic E-state index is -3.64. The van der Waals surface area contributed by atoms with Crippen molar-refractivity contribution in [1.82, 2.24) is 5.43 Å². The fraction of sp³-hybridized carbons (Fsp3) is 0.222. The Labute approximate surface area is 153 Å². The van der Waals surface area contributed by atoms with Crippen molar-refractivity contribution < 1.29 is 17.9 Å². The van der Waals surface area contributed by atoms with E-state index in [-0.39, 0.29) is 0 Å². The number of rotatable bonds is 7. The van der Waals surface area contributed by atoms with Gasteiger partial charge in [0.25, 0.3) is 5.91 Å². The summed E-state index contributed by atoms with van der Waals surface area (Å²) in [5.74, 6) is 0.124. The van der Waals surface area contributed by atoms with Crippen molar-refractivity contribution >= 4 is 27.8 Å². The molecular formula is C18H21N3O4S. The SMILES string of the molecule is COc1cccc(/C=N\NC(=O)[C@H](C)N(c2ccccc2)S(C)(=O)=O)c1. The molecule has 26 heavy (non-hydrogen) atoms. The van der Waals surface area contributed by atoms with E-state index in [1.165, 1.54) is 13.1 Å². The zero-order valence-corrected chi connectivity index (χ0v) is 15.6. The molecule has 0 fully saturated rings. The summed E-state index contributed by atoms with van der Waals surface area (Å²) in [7, 11) is -2.09. The van der Waals surface area contributed by atoms with Crippen molar-refractivity contribution in [2.45, 2.75) is 13.0 Å². The number of methoxy groups -OCH3 is 1. The first-order valence-corrected chi connectivity index (χ1v) is 9.69. The Bertz CT molecular complexity index is 882. The van der Waals surface area contributed by atoms with Gasteiger partial charge >= 0.3 is 0 Å². The molecule has 0 bridgehead atoms. The van der Waals surface area contributed by atoms with Crippen LogP contribution in [0, 0.1) is 0 Å². The number of benzene rings is 2. The second kappa shape index (κ2) is 8.48. The molecule has 0 heterocycles. The van der Waals surface area contributed by atoms with E-state index in [1.54, 1.807) is 61.7 Å². The molecule has 0 unspecified atom stereocenters. The summed E-state index contributed by atoms with van der Waals surface area (Å²) >= 11 is 0. The number of hydrogen-bond donors (Lipinski definition) is 1. The lowest BCUT2D eigenvalue weighted by molar-refractivity contribution is -0.121. The van der Waals surface area contributed by atoms with Crippen LogP contribution < -0.4 is 14.5 Å². The number of sulfonamides is 1. The van der Waals surface area contributed by atoms with Crippen molar-refractivity contribution in [2.24, 2.45) is 5.10 Å². The van der Waals surface area contributed by atoms with Crippen LogP contribution in [0.2, 0.25) is 0 Å². The Hall–Kier alpha value is -2.87. The lowest BCUT2D eigenvalue weighted by Gasteiger charge is -2.27. The van der Waals surface area contributed by atoms with Gasteiger partial charge in [0.05, 0.1) is 25.3 Å². The van der Waals surface area contributed by atoms with Crippen molar-refractivity contribution in [1.29, 1.82) is 0 Å². The number of ether oxygens (including phenoxy) is 1. The maximum absolute atomic E-state index is 12.4. The molecule has 0 aliphatic heterocycles. The first-order valence-electron chi connectivity index (χ1n) is 7.84. The number of para-hydroxylation sites is 1. The summed E-state index contributed by atoms with van der Waals surface area (Å²) in [6.07, 6.45) is 2.52. The van der Waals surface area contributed by atoms with Crippen LogP contribution in [0.5, 0.6) is 5.75 Å². The van der Waals surface area contributed by atoms with Gasteiger partial charge in [-0.05, 0) is 36.8 Å². The second-order valence-electron chi connectivity index (χ2n) is 5.58. The third-order valence-corrected chi connectivity index (χ3v) is 4.82. The first-order chi connectivity index (χ1) is 12.3. The number of anilines is 1. The summed E-state index contributed by atoms with van der Waals surface area (Å²) in [4.78, 5) is 12.4. The summed E-state index contributed by atoms with van der Waals surface area (Å²) in [5, 5.41) is 3.89. The number of carbonyl (C=O) groups excluding carboxylic acids is 1. The first kappa shape index (κ1) is 19.5. The van der Waals surface area contributed by atoms with Crippen LogP contribution in [0.15, 0.2) is 59.7 Å². The minimum absolute atomic E-state index is 0.412. The highest BCUT2D eigenvalue weighted by Gasteiger charge is 2.28.